The number of allylic oxidation sites excluding steroid dienone is 2. The van der Waals surface area contributed by atoms with Crippen LogP contribution in [-0.2, 0) is 6.54 Å². The average molecular weight is 164 g/mol. The highest BCUT2D eigenvalue weighted by atomic mass is 15.2. The van der Waals surface area contributed by atoms with Gasteiger partial charge in [0.2, 0.25) is 0 Å². The summed E-state index contributed by atoms with van der Waals surface area (Å²) < 4.78 is 0. The molecule has 0 spiro atoms. The Hall–Kier alpha value is -1.45. The molecule has 0 aromatic carbocycles. The Labute approximate surface area is 71.4 Å². The lowest BCUT2D eigenvalue weighted by molar-refractivity contribution is 0.918. The normalized spacial score (nSPS) is 11.8. The maximum absolute atomic E-state index is 4.14. The molecule has 0 radical (unpaired) electrons. The van der Waals surface area contributed by atoms with Gasteiger partial charge in [0.25, 0.3) is 0 Å². The zero-order valence-electron chi connectivity index (χ0n) is 7.07. The molecule has 1 aromatic rings. The molecular formula is C8H12N4. The molecule has 0 saturated heterocycles. The lowest BCUT2D eigenvalue weighted by atomic mass is 10.4. The molecule has 1 aromatic heterocycles. The van der Waals surface area contributed by atoms with Gasteiger partial charge in [-0.25, -0.2) is 4.98 Å². The highest BCUT2D eigenvalue weighted by molar-refractivity contribution is 5.59. The number of rotatable bonds is 4. The van der Waals surface area contributed by atoms with Crippen molar-refractivity contribution < 1.29 is 0 Å². The van der Waals surface area contributed by atoms with Gasteiger partial charge >= 0.3 is 0 Å². The topological polar surface area (TPSA) is 53.9 Å². The second-order valence-electron chi connectivity index (χ2n) is 2.26. The van der Waals surface area contributed by atoms with Gasteiger partial charge in [-0.15, -0.1) is 0 Å². The monoisotopic (exact) mass is 164 g/mol. The van der Waals surface area contributed by atoms with Crippen LogP contribution >= 0.6 is 0 Å². The van der Waals surface area contributed by atoms with Crippen molar-refractivity contribution in [2.45, 2.75) is 19.9 Å². The van der Waals surface area contributed by atoms with Crippen LogP contribution in [0.3, 0.4) is 0 Å². The SMILES string of the molecule is C/C=C\CC=NCc1ncn[nH]1. The second kappa shape index (κ2) is 5.23. The first-order valence-electron chi connectivity index (χ1n) is 3.87. The largest absolute Gasteiger partial charge is 0.289 e. The molecule has 0 unspecified atom stereocenters. The predicted molar refractivity (Wildman–Crippen MR) is 48.0 cm³/mol. The smallest absolute Gasteiger partial charge is 0.145 e. The Morgan fingerprint density at radius 1 is 1.67 bits per heavy atom. The van der Waals surface area contributed by atoms with Crippen molar-refractivity contribution in [3.05, 3.63) is 24.3 Å². The number of nitrogens with one attached hydrogen (secondary N) is 1. The van der Waals surface area contributed by atoms with Crippen molar-refractivity contribution in [2.75, 3.05) is 0 Å². The summed E-state index contributed by atoms with van der Waals surface area (Å²) in [6, 6.07) is 0. The van der Waals surface area contributed by atoms with E-state index in [2.05, 4.69) is 20.2 Å². The molecule has 0 bridgehead atoms. The van der Waals surface area contributed by atoms with Gasteiger partial charge in [-0.2, -0.15) is 5.10 Å². The first-order chi connectivity index (χ1) is 5.93. The third kappa shape index (κ3) is 3.09. The number of aromatic amines is 1. The summed E-state index contributed by atoms with van der Waals surface area (Å²) in [4.78, 5) is 8.08. The maximum atomic E-state index is 4.14. The van der Waals surface area contributed by atoms with Crippen LogP contribution in [0.25, 0.3) is 0 Å². The van der Waals surface area contributed by atoms with E-state index in [4.69, 9.17) is 0 Å². The molecule has 0 saturated carbocycles. The Balaban J connectivity index is 2.21. The molecule has 64 valence electrons. The van der Waals surface area contributed by atoms with Gasteiger partial charge < -0.3 is 0 Å². The minimum absolute atomic E-state index is 0.581. The molecule has 1 N–H and O–H groups in total. The molecule has 0 fully saturated rings. The lowest BCUT2D eigenvalue weighted by Crippen LogP contribution is -1.84. The minimum Gasteiger partial charge on any atom is -0.289 e. The van der Waals surface area contributed by atoms with Crippen LogP contribution in [0.1, 0.15) is 19.2 Å². The molecule has 1 heterocycles. The molecule has 12 heavy (non-hydrogen) atoms. The first-order valence-corrected chi connectivity index (χ1v) is 3.87. The van der Waals surface area contributed by atoms with Crippen LogP contribution in [-0.4, -0.2) is 21.4 Å². The Morgan fingerprint density at radius 2 is 2.58 bits per heavy atom. The van der Waals surface area contributed by atoms with E-state index < -0.39 is 0 Å². The summed E-state index contributed by atoms with van der Waals surface area (Å²) in [5.41, 5.74) is 0. The van der Waals surface area contributed by atoms with Crippen molar-refractivity contribution in [3.8, 4) is 0 Å². The van der Waals surface area contributed by atoms with E-state index in [1.165, 1.54) is 6.33 Å². The summed E-state index contributed by atoms with van der Waals surface area (Å²) in [7, 11) is 0. The van der Waals surface area contributed by atoms with Crippen molar-refractivity contribution >= 4 is 6.21 Å². The third-order valence-corrected chi connectivity index (χ3v) is 1.31. The van der Waals surface area contributed by atoms with E-state index in [0.29, 0.717) is 6.54 Å². The Kier molecular flexibility index (Phi) is 3.77. The molecule has 0 aliphatic heterocycles. The molecule has 0 amide bonds. The average Bonchev–Trinajstić information content (AvgIpc) is 2.57. The zero-order valence-corrected chi connectivity index (χ0v) is 7.07. The van der Waals surface area contributed by atoms with Crippen LogP contribution in [0.2, 0.25) is 0 Å². The quantitative estimate of drug-likeness (QED) is 0.539. The summed E-state index contributed by atoms with van der Waals surface area (Å²) >= 11 is 0. The lowest BCUT2D eigenvalue weighted by Gasteiger charge is -1.85. The van der Waals surface area contributed by atoms with Gasteiger partial charge in [-0.05, 0) is 6.92 Å². The number of hydrogen-bond acceptors (Lipinski definition) is 3. The van der Waals surface area contributed by atoms with Crippen molar-refractivity contribution in [1.29, 1.82) is 0 Å². The van der Waals surface area contributed by atoms with Gasteiger partial charge in [-0.1, -0.05) is 12.2 Å². The summed E-state index contributed by atoms with van der Waals surface area (Å²) in [5, 5.41) is 6.45. The number of H-pyrrole nitrogens is 1. The first kappa shape index (κ1) is 8.64. The zero-order chi connectivity index (χ0) is 8.65. The highest BCUT2D eigenvalue weighted by Gasteiger charge is 1.88. The summed E-state index contributed by atoms with van der Waals surface area (Å²) in [6.45, 7) is 2.57. The molecule has 0 aliphatic carbocycles. The van der Waals surface area contributed by atoms with Gasteiger partial charge in [0.1, 0.15) is 12.2 Å². The maximum Gasteiger partial charge on any atom is 0.145 e. The van der Waals surface area contributed by atoms with Crippen LogP contribution in [0.5, 0.6) is 0 Å². The molecule has 4 heteroatoms. The van der Waals surface area contributed by atoms with Crippen LogP contribution in [0, 0.1) is 0 Å². The third-order valence-electron chi connectivity index (χ3n) is 1.31. The number of aromatic nitrogens is 3. The van der Waals surface area contributed by atoms with Crippen molar-refractivity contribution in [1.82, 2.24) is 15.2 Å². The number of aliphatic imine (C=N–C) groups is 1. The summed E-state index contributed by atoms with van der Waals surface area (Å²) in [5.74, 6) is 0.798. The van der Waals surface area contributed by atoms with Crippen molar-refractivity contribution in [3.63, 3.8) is 0 Å². The van der Waals surface area contributed by atoms with E-state index in [1.807, 2.05) is 25.3 Å². The van der Waals surface area contributed by atoms with Crippen LogP contribution < -0.4 is 0 Å². The Bertz CT molecular complexity index is 248. The fourth-order valence-electron chi connectivity index (χ4n) is 0.729. The molecule has 4 nitrogen and oxygen atoms in total. The van der Waals surface area contributed by atoms with Gasteiger partial charge in [0.05, 0.1) is 6.54 Å². The van der Waals surface area contributed by atoms with Crippen LogP contribution in [0.15, 0.2) is 23.5 Å². The van der Waals surface area contributed by atoms with Crippen molar-refractivity contribution in [2.24, 2.45) is 4.99 Å². The molecule has 0 atom stereocenters. The van der Waals surface area contributed by atoms with E-state index >= 15 is 0 Å². The summed E-state index contributed by atoms with van der Waals surface area (Å²) in [6.07, 6.45) is 8.27. The number of hydrogen-bond donors (Lipinski definition) is 1. The molecule has 0 aliphatic rings. The Morgan fingerprint density at radius 3 is 3.25 bits per heavy atom. The van der Waals surface area contributed by atoms with E-state index in [0.717, 1.165) is 12.2 Å². The number of nitrogens with zero attached hydrogens (tertiary/aromatic N) is 3. The van der Waals surface area contributed by atoms with Crippen LogP contribution in [0.4, 0.5) is 0 Å². The second-order valence-corrected chi connectivity index (χ2v) is 2.26. The van der Waals surface area contributed by atoms with E-state index in [-0.39, 0.29) is 0 Å². The van der Waals surface area contributed by atoms with E-state index in [9.17, 15) is 0 Å². The highest BCUT2D eigenvalue weighted by Crippen LogP contribution is 1.88. The molecular weight excluding hydrogens is 152 g/mol. The van der Waals surface area contributed by atoms with E-state index in [1.54, 1.807) is 0 Å². The standard InChI is InChI=1S/C8H12N4/c1-2-3-4-5-9-6-8-10-7-11-12-8/h2-3,5,7H,4,6H2,1H3,(H,10,11,12)/b3-2-,9-5?. The van der Waals surface area contributed by atoms with Gasteiger partial charge in [0, 0.05) is 12.6 Å². The van der Waals surface area contributed by atoms with Gasteiger partial charge in [-0.3, -0.25) is 10.1 Å². The fraction of sp³-hybridized carbons (Fsp3) is 0.375. The molecule has 1 rings (SSSR count). The minimum atomic E-state index is 0.581. The predicted octanol–water partition coefficient (Wildman–Crippen LogP) is 1.34. The fourth-order valence-corrected chi connectivity index (χ4v) is 0.729. The van der Waals surface area contributed by atoms with Gasteiger partial charge in [0.15, 0.2) is 0 Å².